The van der Waals surface area contributed by atoms with Crippen molar-refractivity contribution >= 4 is 11.8 Å². The molecule has 0 atom stereocenters. The third kappa shape index (κ3) is 6.21. The highest BCUT2D eigenvalue weighted by Crippen LogP contribution is 2.39. The third-order valence-electron chi connectivity index (χ3n) is 8.04. The summed E-state index contributed by atoms with van der Waals surface area (Å²) in [6, 6.07) is 15.5. The average Bonchev–Trinajstić information content (AvgIpc) is 2.99. The van der Waals surface area contributed by atoms with Crippen LogP contribution in [0.3, 0.4) is 0 Å². The number of para-hydroxylation sites is 2. The van der Waals surface area contributed by atoms with Gasteiger partial charge in [0.15, 0.2) is 0 Å². The number of piperidine rings is 1. The zero-order valence-electron chi connectivity index (χ0n) is 22.6. The summed E-state index contributed by atoms with van der Waals surface area (Å²) in [4.78, 5) is 39.2. The second kappa shape index (κ2) is 12.3. The summed E-state index contributed by atoms with van der Waals surface area (Å²) in [5, 5.41) is 0. The second-order valence-electron chi connectivity index (χ2n) is 10.5. The van der Waals surface area contributed by atoms with Gasteiger partial charge < -0.3 is 19.3 Å². The number of hydrogen-bond donors (Lipinski definition) is 0. The number of carbonyl (C=O) groups is 2. The minimum Gasteiger partial charge on any atom is -0.496 e. The highest BCUT2D eigenvalue weighted by molar-refractivity contribution is 5.97. The van der Waals surface area contributed by atoms with E-state index in [1.54, 1.807) is 19.5 Å². The summed E-state index contributed by atoms with van der Waals surface area (Å²) in [5.41, 5.74) is 2.04. The number of ether oxygens (including phenoxy) is 2. The van der Waals surface area contributed by atoms with Crippen molar-refractivity contribution in [1.82, 2.24) is 19.8 Å². The molecule has 0 N–H and O–H groups in total. The van der Waals surface area contributed by atoms with Gasteiger partial charge in [-0.1, -0.05) is 36.8 Å². The van der Waals surface area contributed by atoms with Crippen molar-refractivity contribution in [2.45, 2.75) is 38.5 Å². The van der Waals surface area contributed by atoms with Gasteiger partial charge in [0.25, 0.3) is 11.8 Å². The Hall–Kier alpha value is -3.94. The molecule has 2 aliphatic rings. The van der Waals surface area contributed by atoms with E-state index in [1.165, 1.54) is 11.8 Å². The molecule has 0 bridgehead atoms. The van der Waals surface area contributed by atoms with Crippen LogP contribution in [0.2, 0.25) is 0 Å². The van der Waals surface area contributed by atoms with Crippen molar-refractivity contribution in [1.29, 1.82) is 0 Å². The molecule has 3 aromatic rings. The maximum Gasteiger partial charge on any atom is 0.274 e. The SMILES string of the molecule is COc1ccccc1C(=O)N1CCC2(CCCCc3ccccc3OCCN(C(=O)c3cnccn3)C2)CC1. The van der Waals surface area contributed by atoms with Crippen LogP contribution in [0.25, 0.3) is 0 Å². The first-order chi connectivity index (χ1) is 19.1. The summed E-state index contributed by atoms with van der Waals surface area (Å²) in [5.74, 6) is 1.34. The number of aryl methyl sites for hydroxylation is 1. The fourth-order valence-corrected chi connectivity index (χ4v) is 5.82. The maximum absolute atomic E-state index is 13.6. The number of rotatable bonds is 3. The lowest BCUT2D eigenvalue weighted by Crippen LogP contribution is -2.50. The van der Waals surface area contributed by atoms with Crippen LogP contribution in [0, 0.1) is 5.41 Å². The van der Waals surface area contributed by atoms with Crippen molar-refractivity contribution in [3.05, 3.63) is 83.9 Å². The number of aromatic nitrogens is 2. The van der Waals surface area contributed by atoms with E-state index in [0.717, 1.165) is 44.3 Å². The monoisotopic (exact) mass is 528 g/mol. The van der Waals surface area contributed by atoms with E-state index in [0.29, 0.717) is 49.8 Å². The molecule has 2 amide bonds. The normalized spacial score (nSPS) is 17.8. The zero-order chi connectivity index (χ0) is 27.1. The summed E-state index contributed by atoms with van der Waals surface area (Å²) >= 11 is 0. The highest BCUT2D eigenvalue weighted by atomic mass is 16.5. The van der Waals surface area contributed by atoms with Crippen molar-refractivity contribution in [3.63, 3.8) is 0 Å². The van der Waals surface area contributed by atoms with E-state index >= 15 is 0 Å². The molecular formula is C31H36N4O4. The van der Waals surface area contributed by atoms with Gasteiger partial charge in [-0.2, -0.15) is 0 Å². The highest BCUT2D eigenvalue weighted by Gasteiger charge is 2.39. The van der Waals surface area contributed by atoms with Gasteiger partial charge in [0, 0.05) is 32.0 Å². The first kappa shape index (κ1) is 26.7. The quantitative estimate of drug-likeness (QED) is 0.492. The number of hydrogen-bond acceptors (Lipinski definition) is 6. The predicted molar refractivity (Wildman–Crippen MR) is 148 cm³/mol. The molecule has 2 aliphatic heterocycles. The lowest BCUT2D eigenvalue weighted by molar-refractivity contribution is 0.0324. The number of nitrogens with zero attached hydrogens (tertiary/aromatic N) is 4. The van der Waals surface area contributed by atoms with Gasteiger partial charge in [-0.15, -0.1) is 0 Å². The molecule has 204 valence electrons. The molecule has 1 spiro atoms. The Morgan fingerprint density at radius 2 is 1.69 bits per heavy atom. The molecule has 0 aliphatic carbocycles. The smallest absolute Gasteiger partial charge is 0.274 e. The largest absolute Gasteiger partial charge is 0.496 e. The fraction of sp³-hybridized carbons (Fsp3) is 0.419. The Bertz CT molecular complexity index is 1270. The standard InChI is InChI=1S/C31H36N4O4/c1-38-28-12-5-3-10-25(28)29(36)34-18-14-31(15-19-34)13-7-6-9-24-8-2-4-11-27(24)39-21-20-35(23-31)30(37)26-22-32-16-17-33-26/h2-5,8,10-12,16-17,22H,6-7,9,13-15,18-21,23H2,1H3. The van der Waals surface area contributed by atoms with Crippen molar-refractivity contribution in [3.8, 4) is 11.5 Å². The first-order valence-corrected chi connectivity index (χ1v) is 13.8. The molecule has 1 saturated heterocycles. The van der Waals surface area contributed by atoms with Crippen molar-refractivity contribution in [2.24, 2.45) is 5.41 Å². The van der Waals surface area contributed by atoms with Gasteiger partial charge in [-0.3, -0.25) is 14.6 Å². The Morgan fingerprint density at radius 3 is 2.49 bits per heavy atom. The number of likely N-dealkylation sites (tertiary alicyclic amines) is 1. The summed E-state index contributed by atoms with van der Waals surface area (Å²) in [6.45, 7) is 2.74. The van der Waals surface area contributed by atoms with Gasteiger partial charge in [0.2, 0.25) is 0 Å². The Morgan fingerprint density at radius 1 is 0.897 bits per heavy atom. The van der Waals surface area contributed by atoms with Crippen molar-refractivity contribution < 1.29 is 19.1 Å². The average molecular weight is 529 g/mol. The van der Waals surface area contributed by atoms with E-state index in [9.17, 15) is 9.59 Å². The second-order valence-corrected chi connectivity index (χ2v) is 10.5. The Labute approximate surface area is 230 Å². The molecule has 0 radical (unpaired) electrons. The van der Waals surface area contributed by atoms with Gasteiger partial charge in [0.05, 0.1) is 25.4 Å². The van der Waals surface area contributed by atoms with Crippen LogP contribution in [-0.2, 0) is 6.42 Å². The Balaban J connectivity index is 1.36. The molecule has 8 heteroatoms. The van der Waals surface area contributed by atoms with Crippen LogP contribution in [0.5, 0.6) is 11.5 Å². The number of amides is 2. The van der Waals surface area contributed by atoms with Gasteiger partial charge >= 0.3 is 0 Å². The van der Waals surface area contributed by atoms with Crippen LogP contribution < -0.4 is 9.47 Å². The lowest BCUT2D eigenvalue weighted by atomic mass is 9.73. The first-order valence-electron chi connectivity index (χ1n) is 13.8. The molecule has 2 aromatic carbocycles. The summed E-state index contributed by atoms with van der Waals surface area (Å²) in [6.07, 6.45) is 10.4. The summed E-state index contributed by atoms with van der Waals surface area (Å²) < 4.78 is 11.6. The molecule has 0 unspecified atom stereocenters. The fourth-order valence-electron chi connectivity index (χ4n) is 5.82. The van der Waals surface area contributed by atoms with E-state index < -0.39 is 0 Å². The van der Waals surface area contributed by atoms with Crippen LogP contribution in [-0.4, -0.2) is 71.5 Å². The molecule has 39 heavy (non-hydrogen) atoms. The van der Waals surface area contributed by atoms with E-state index in [-0.39, 0.29) is 17.2 Å². The van der Waals surface area contributed by atoms with Gasteiger partial charge in [0.1, 0.15) is 23.8 Å². The van der Waals surface area contributed by atoms with E-state index in [1.807, 2.05) is 52.3 Å². The zero-order valence-corrected chi connectivity index (χ0v) is 22.6. The number of fused-ring (bicyclic) bond motifs is 1. The number of benzene rings is 2. The molecule has 5 rings (SSSR count). The van der Waals surface area contributed by atoms with E-state index in [2.05, 4.69) is 16.0 Å². The lowest BCUT2D eigenvalue weighted by Gasteiger charge is -2.45. The van der Waals surface area contributed by atoms with Crippen LogP contribution in [0.15, 0.2) is 67.1 Å². The number of methoxy groups -OCH3 is 1. The minimum absolute atomic E-state index is 0.00652. The maximum atomic E-state index is 13.6. The van der Waals surface area contributed by atoms with Gasteiger partial charge in [-0.25, -0.2) is 4.98 Å². The molecule has 3 heterocycles. The minimum atomic E-state index is -0.135. The Kier molecular flexibility index (Phi) is 8.39. The van der Waals surface area contributed by atoms with Crippen LogP contribution in [0.4, 0.5) is 0 Å². The van der Waals surface area contributed by atoms with Crippen LogP contribution in [0.1, 0.15) is 58.5 Å². The van der Waals surface area contributed by atoms with Crippen LogP contribution >= 0.6 is 0 Å². The number of carbonyl (C=O) groups excluding carboxylic acids is 2. The predicted octanol–water partition coefficient (Wildman–Crippen LogP) is 4.66. The van der Waals surface area contributed by atoms with Gasteiger partial charge in [-0.05, 0) is 61.3 Å². The molecular weight excluding hydrogens is 492 g/mol. The van der Waals surface area contributed by atoms with E-state index in [4.69, 9.17) is 9.47 Å². The molecule has 8 nitrogen and oxygen atoms in total. The third-order valence-corrected chi connectivity index (χ3v) is 8.04. The van der Waals surface area contributed by atoms with Crippen molar-refractivity contribution in [2.75, 3.05) is 39.9 Å². The summed E-state index contributed by atoms with van der Waals surface area (Å²) in [7, 11) is 1.59. The molecule has 0 saturated carbocycles. The molecule has 1 fully saturated rings. The molecule has 1 aromatic heterocycles. The topological polar surface area (TPSA) is 84.9 Å².